The molecule has 0 bridgehead atoms. The van der Waals surface area contributed by atoms with Gasteiger partial charge in [-0.25, -0.2) is 0 Å². The Hall–Kier alpha value is -0.120. The summed E-state index contributed by atoms with van der Waals surface area (Å²) in [7, 11) is 0. The van der Waals surface area contributed by atoms with Crippen molar-refractivity contribution in [2.45, 2.75) is 70.0 Å². The molecule has 3 aliphatic rings. The summed E-state index contributed by atoms with van der Waals surface area (Å²) in [5.74, 6) is 0. The molecule has 3 fully saturated rings. The Bertz CT molecular complexity index is 263. The van der Waals surface area contributed by atoms with E-state index in [0.29, 0.717) is 0 Å². The van der Waals surface area contributed by atoms with Crippen LogP contribution in [0.2, 0.25) is 0 Å². The van der Waals surface area contributed by atoms with Gasteiger partial charge in [-0.05, 0) is 71.1 Å². The third kappa shape index (κ3) is 3.71. The van der Waals surface area contributed by atoms with Crippen molar-refractivity contribution in [3.63, 3.8) is 0 Å². The van der Waals surface area contributed by atoms with Gasteiger partial charge in [-0.3, -0.25) is 4.90 Å². The van der Waals surface area contributed by atoms with Gasteiger partial charge in [-0.15, -0.1) is 0 Å². The van der Waals surface area contributed by atoms with E-state index in [-0.39, 0.29) is 0 Å². The number of likely N-dealkylation sites (tertiary alicyclic amines) is 1. The quantitative estimate of drug-likeness (QED) is 0.793. The van der Waals surface area contributed by atoms with E-state index in [1.54, 1.807) is 0 Å². The Balaban J connectivity index is 1.49. The second-order valence-electron chi connectivity index (χ2n) is 6.79. The molecule has 2 heterocycles. The highest BCUT2D eigenvalue weighted by atomic mass is 15.3. The van der Waals surface area contributed by atoms with Crippen molar-refractivity contribution in [2.24, 2.45) is 0 Å². The van der Waals surface area contributed by atoms with Crippen LogP contribution in [0.1, 0.15) is 51.9 Å². The first-order valence-electron chi connectivity index (χ1n) is 8.58. The summed E-state index contributed by atoms with van der Waals surface area (Å²) in [4.78, 5) is 5.54. The van der Waals surface area contributed by atoms with Crippen molar-refractivity contribution in [2.75, 3.05) is 32.7 Å². The van der Waals surface area contributed by atoms with E-state index in [0.717, 1.165) is 18.1 Å². The van der Waals surface area contributed by atoms with Gasteiger partial charge in [0.25, 0.3) is 0 Å². The van der Waals surface area contributed by atoms with Crippen molar-refractivity contribution in [1.29, 1.82) is 0 Å². The lowest BCUT2D eigenvalue weighted by Gasteiger charge is -2.39. The van der Waals surface area contributed by atoms with Gasteiger partial charge in [0.05, 0.1) is 0 Å². The molecular formula is C16H31N3. The number of hydrogen-bond donors (Lipinski definition) is 1. The molecule has 2 aliphatic heterocycles. The first kappa shape index (κ1) is 13.8. The molecule has 0 aromatic heterocycles. The standard InChI is InChI=1S/C16H31N3/c1-2-10-18-11-7-16(8-12-18)19(15-5-6-15)13-14-4-3-9-17-14/h14-17H,2-13H2,1H3. The summed E-state index contributed by atoms with van der Waals surface area (Å²) in [5, 5.41) is 3.69. The van der Waals surface area contributed by atoms with Crippen molar-refractivity contribution < 1.29 is 0 Å². The highest BCUT2D eigenvalue weighted by Gasteiger charge is 2.36. The zero-order valence-electron chi connectivity index (χ0n) is 12.6. The molecule has 0 radical (unpaired) electrons. The Morgan fingerprint density at radius 2 is 1.79 bits per heavy atom. The molecule has 1 atom stereocenters. The topological polar surface area (TPSA) is 18.5 Å². The van der Waals surface area contributed by atoms with E-state index >= 15 is 0 Å². The lowest BCUT2D eigenvalue weighted by molar-refractivity contribution is 0.0949. The monoisotopic (exact) mass is 265 g/mol. The Morgan fingerprint density at radius 3 is 2.37 bits per heavy atom. The normalized spacial score (nSPS) is 30.3. The van der Waals surface area contributed by atoms with Crippen molar-refractivity contribution in [3.05, 3.63) is 0 Å². The van der Waals surface area contributed by atoms with Crippen LogP contribution < -0.4 is 5.32 Å². The second kappa shape index (κ2) is 6.55. The van der Waals surface area contributed by atoms with E-state index in [2.05, 4.69) is 22.0 Å². The first-order chi connectivity index (χ1) is 9.36. The van der Waals surface area contributed by atoms with Crippen LogP contribution >= 0.6 is 0 Å². The maximum atomic E-state index is 3.69. The maximum absolute atomic E-state index is 3.69. The molecule has 1 saturated carbocycles. The highest BCUT2D eigenvalue weighted by molar-refractivity contribution is 4.93. The van der Waals surface area contributed by atoms with E-state index < -0.39 is 0 Å². The van der Waals surface area contributed by atoms with Crippen molar-refractivity contribution in [1.82, 2.24) is 15.1 Å². The summed E-state index contributed by atoms with van der Waals surface area (Å²) in [6, 6.07) is 2.60. The maximum Gasteiger partial charge on any atom is 0.0195 e. The average molecular weight is 265 g/mol. The molecule has 3 nitrogen and oxygen atoms in total. The molecule has 0 aromatic carbocycles. The third-order valence-corrected chi connectivity index (χ3v) is 5.18. The molecule has 3 heteroatoms. The fourth-order valence-corrected chi connectivity index (χ4v) is 3.96. The number of piperidine rings is 1. The second-order valence-corrected chi connectivity index (χ2v) is 6.79. The molecular weight excluding hydrogens is 234 g/mol. The van der Waals surface area contributed by atoms with Gasteiger partial charge in [0, 0.05) is 24.7 Å². The lowest BCUT2D eigenvalue weighted by atomic mass is 10.0. The third-order valence-electron chi connectivity index (χ3n) is 5.18. The molecule has 3 rings (SSSR count). The molecule has 1 unspecified atom stereocenters. The first-order valence-corrected chi connectivity index (χ1v) is 8.58. The van der Waals surface area contributed by atoms with Gasteiger partial charge in [-0.1, -0.05) is 6.92 Å². The van der Waals surface area contributed by atoms with E-state index in [1.807, 2.05) is 0 Å². The summed E-state index contributed by atoms with van der Waals surface area (Å²) in [6.45, 7) is 8.84. The van der Waals surface area contributed by atoms with Crippen LogP contribution in [0.4, 0.5) is 0 Å². The SMILES string of the molecule is CCCN1CCC(N(CC2CCCN2)C2CC2)CC1. The van der Waals surface area contributed by atoms with Gasteiger partial charge < -0.3 is 10.2 Å². The summed E-state index contributed by atoms with van der Waals surface area (Å²) < 4.78 is 0. The fraction of sp³-hybridized carbons (Fsp3) is 1.00. The Labute approximate surface area is 118 Å². The van der Waals surface area contributed by atoms with Crippen LogP contribution in [0.5, 0.6) is 0 Å². The molecule has 110 valence electrons. The van der Waals surface area contributed by atoms with Crippen LogP contribution in [0.25, 0.3) is 0 Å². The van der Waals surface area contributed by atoms with Gasteiger partial charge in [-0.2, -0.15) is 0 Å². The van der Waals surface area contributed by atoms with E-state index in [1.165, 1.54) is 77.7 Å². The predicted molar refractivity (Wildman–Crippen MR) is 80.5 cm³/mol. The molecule has 19 heavy (non-hydrogen) atoms. The molecule has 0 aromatic rings. The zero-order chi connectivity index (χ0) is 13.1. The van der Waals surface area contributed by atoms with Gasteiger partial charge in [0.15, 0.2) is 0 Å². The van der Waals surface area contributed by atoms with E-state index in [4.69, 9.17) is 0 Å². The van der Waals surface area contributed by atoms with Crippen LogP contribution in [0, 0.1) is 0 Å². The zero-order valence-corrected chi connectivity index (χ0v) is 12.6. The van der Waals surface area contributed by atoms with Crippen molar-refractivity contribution >= 4 is 0 Å². The number of nitrogens with zero attached hydrogens (tertiary/aromatic N) is 2. The molecule has 2 saturated heterocycles. The summed E-state index contributed by atoms with van der Waals surface area (Å²) in [5.41, 5.74) is 0. The highest BCUT2D eigenvalue weighted by Crippen LogP contribution is 2.32. The molecule has 0 spiro atoms. The number of hydrogen-bond acceptors (Lipinski definition) is 3. The Kier molecular flexibility index (Phi) is 4.78. The molecule has 0 amide bonds. The predicted octanol–water partition coefficient (Wildman–Crippen LogP) is 2.08. The van der Waals surface area contributed by atoms with Gasteiger partial charge in [0.2, 0.25) is 0 Å². The summed E-state index contributed by atoms with van der Waals surface area (Å²) in [6.07, 6.45) is 9.83. The average Bonchev–Trinajstić information content (AvgIpc) is 3.15. The largest absolute Gasteiger partial charge is 0.313 e. The summed E-state index contributed by atoms with van der Waals surface area (Å²) >= 11 is 0. The minimum atomic E-state index is 0.786. The molecule has 1 N–H and O–H groups in total. The van der Waals surface area contributed by atoms with Crippen LogP contribution in [0.15, 0.2) is 0 Å². The van der Waals surface area contributed by atoms with Gasteiger partial charge >= 0.3 is 0 Å². The van der Waals surface area contributed by atoms with Crippen LogP contribution in [0.3, 0.4) is 0 Å². The van der Waals surface area contributed by atoms with Crippen LogP contribution in [-0.4, -0.2) is 60.6 Å². The smallest absolute Gasteiger partial charge is 0.0195 e. The Morgan fingerprint density at radius 1 is 1.05 bits per heavy atom. The minimum Gasteiger partial charge on any atom is -0.313 e. The molecule has 1 aliphatic carbocycles. The number of rotatable bonds is 6. The lowest BCUT2D eigenvalue weighted by Crippen LogP contribution is -2.49. The van der Waals surface area contributed by atoms with Crippen molar-refractivity contribution in [3.8, 4) is 0 Å². The fourth-order valence-electron chi connectivity index (χ4n) is 3.96. The van der Waals surface area contributed by atoms with E-state index in [9.17, 15) is 0 Å². The number of nitrogens with one attached hydrogen (secondary N) is 1. The van der Waals surface area contributed by atoms with Crippen LogP contribution in [-0.2, 0) is 0 Å². The van der Waals surface area contributed by atoms with Gasteiger partial charge in [0.1, 0.15) is 0 Å². The minimum absolute atomic E-state index is 0.786.